The molecule has 284 valence electrons. The van der Waals surface area contributed by atoms with Crippen LogP contribution in [0.4, 0.5) is 0 Å². The van der Waals surface area contributed by atoms with Crippen LogP contribution in [0.25, 0.3) is 120 Å². The molecule has 0 aliphatic carbocycles. The highest BCUT2D eigenvalue weighted by Gasteiger charge is 2.21. The zero-order valence-electron chi connectivity index (χ0n) is 33.0. The second-order valence-electron chi connectivity index (χ2n) is 15.5. The molecule has 0 saturated heterocycles. The molecule has 4 heteroatoms. The molecule has 12 aromatic rings. The third kappa shape index (κ3) is 6.16. The van der Waals surface area contributed by atoms with Crippen molar-refractivity contribution in [1.82, 2.24) is 15.0 Å². The molecule has 0 spiro atoms. The summed E-state index contributed by atoms with van der Waals surface area (Å²) in [6.45, 7) is 0. The van der Waals surface area contributed by atoms with Crippen molar-refractivity contribution in [3.8, 4) is 67.5 Å². The molecule has 0 fully saturated rings. The van der Waals surface area contributed by atoms with E-state index in [0.717, 1.165) is 49.7 Å². The molecule has 0 radical (unpaired) electrons. The molecule has 3 nitrogen and oxygen atoms in total. The fourth-order valence-corrected chi connectivity index (χ4v) is 10.1. The molecule has 10 aromatic carbocycles. The van der Waals surface area contributed by atoms with E-state index in [2.05, 4.69) is 212 Å². The van der Waals surface area contributed by atoms with Crippen LogP contribution in [0.2, 0.25) is 0 Å². The molecular weight excluding hydrogens is 759 g/mol. The molecule has 0 bridgehead atoms. The van der Waals surface area contributed by atoms with Crippen LogP contribution >= 0.6 is 11.3 Å². The van der Waals surface area contributed by atoms with Crippen molar-refractivity contribution >= 4 is 63.8 Å². The molecule has 0 aliphatic rings. The van der Waals surface area contributed by atoms with Crippen LogP contribution in [0.5, 0.6) is 0 Å². The smallest absolute Gasteiger partial charge is 0.165 e. The summed E-state index contributed by atoms with van der Waals surface area (Å²) < 4.78 is 2.41. The average Bonchev–Trinajstić information content (AvgIpc) is 3.72. The highest BCUT2D eigenvalue weighted by Crippen LogP contribution is 2.42. The number of hydrogen-bond acceptors (Lipinski definition) is 4. The van der Waals surface area contributed by atoms with Crippen molar-refractivity contribution in [2.24, 2.45) is 0 Å². The minimum Gasteiger partial charge on any atom is -0.208 e. The van der Waals surface area contributed by atoms with Gasteiger partial charge in [0.25, 0.3) is 0 Å². The predicted molar refractivity (Wildman–Crippen MR) is 258 cm³/mol. The number of benzene rings is 10. The summed E-state index contributed by atoms with van der Waals surface area (Å²) >= 11 is 1.79. The van der Waals surface area contributed by atoms with Crippen LogP contribution in [0.15, 0.2) is 212 Å². The zero-order chi connectivity index (χ0) is 40.3. The van der Waals surface area contributed by atoms with Crippen molar-refractivity contribution in [3.63, 3.8) is 0 Å². The lowest BCUT2D eigenvalue weighted by Crippen LogP contribution is -2.02. The Hall–Kier alpha value is -7.79. The van der Waals surface area contributed by atoms with E-state index in [9.17, 15) is 0 Å². The molecule has 0 N–H and O–H groups in total. The summed E-state index contributed by atoms with van der Waals surface area (Å²) in [6, 6.07) is 75.9. The standard InChI is InChI=1S/C57H35N3S/c1-2-14-38(15-3-1)51-35-44(34-42-18-7-8-19-45(42)51)37-25-28-40(29-26-37)55-58-56(50-23-12-22-49-48-21-10-11-24-52(48)61-54(49)50)60-57(59-55)53-46-20-9-6-16-39(46)31-32-47(53)43-30-27-36-13-4-5-17-41(36)33-43/h1-35H. The van der Waals surface area contributed by atoms with Gasteiger partial charge in [-0.05, 0) is 96.0 Å². The number of aromatic nitrogens is 3. The topological polar surface area (TPSA) is 38.7 Å². The lowest BCUT2D eigenvalue weighted by molar-refractivity contribution is 1.08. The van der Waals surface area contributed by atoms with Gasteiger partial charge >= 0.3 is 0 Å². The van der Waals surface area contributed by atoms with E-state index in [0.29, 0.717) is 17.5 Å². The summed E-state index contributed by atoms with van der Waals surface area (Å²) in [5, 5.41) is 9.52. The first-order valence-electron chi connectivity index (χ1n) is 20.6. The Morgan fingerprint density at radius 1 is 0.279 bits per heavy atom. The minimum atomic E-state index is 0.630. The monoisotopic (exact) mass is 793 g/mol. The Balaban J connectivity index is 1.07. The first-order chi connectivity index (χ1) is 30.2. The van der Waals surface area contributed by atoms with Gasteiger partial charge in [-0.3, -0.25) is 0 Å². The summed E-state index contributed by atoms with van der Waals surface area (Å²) in [5.41, 5.74) is 9.81. The first-order valence-corrected chi connectivity index (χ1v) is 21.4. The van der Waals surface area contributed by atoms with E-state index < -0.39 is 0 Å². The van der Waals surface area contributed by atoms with Crippen molar-refractivity contribution < 1.29 is 0 Å². The van der Waals surface area contributed by atoms with Crippen LogP contribution in [-0.2, 0) is 0 Å². The number of thiophene rings is 1. The average molecular weight is 794 g/mol. The number of rotatable bonds is 6. The van der Waals surface area contributed by atoms with Gasteiger partial charge in [-0.15, -0.1) is 11.3 Å². The molecule has 12 rings (SSSR count). The normalized spacial score (nSPS) is 11.6. The molecule has 0 saturated carbocycles. The van der Waals surface area contributed by atoms with E-state index in [1.165, 1.54) is 52.8 Å². The van der Waals surface area contributed by atoms with Gasteiger partial charge < -0.3 is 0 Å². The van der Waals surface area contributed by atoms with Gasteiger partial charge in [0.2, 0.25) is 0 Å². The van der Waals surface area contributed by atoms with Gasteiger partial charge in [0.1, 0.15) is 0 Å². The second-order valence-corrected chi connectivity index (χ2v) is 16.6. The SMILES string of the molecule is c1ccc(-c2cc(-c3ccc(-c4nc(-c5c(-c6ccc7ccccc7c6)ccc6ccccc56)nc(-c5cccc6c5sc5ccccc56)n4)cc3)cc3ccccc23)cc1. The second kappa shape index (κ2) is 14.5. The van der Waals surface area contributed by atoms with Gasteiger partial charge in [0, 0.05) is 36.9 Å². The lowest BCUT2D eigenvalue weighted by atomic mass is 9.92. The molecule has 2 heterocycles. The van der Waals surface area contributed by atoms with Crippen LogP contribution < -0.4 is 0 Å². The number of hydrogen-bond donors (Lipinski definition) is 0. The minimum absolute atomic E-state index is 0.630. The van der Waals surface area contributed by atoms with Crippen molar-refractivity contribution in [1.29, 1.82) is 0 Å². The molecule has 0 aliphatic heterocycles. The van der Waals surface area contributed by atoms with Gasteiger partial charge in [-0.2, -0.15) is 0 Å². The first kappa shape index (κ1) is 35.2. The van der Waals surface area contributed by atoms with E-state index in [-0.39, 0.29) is 0 Å². The Labute approximate surface area is 356 Å². The number of nitrogens with zero attached hydrogens (tertiary/aromatic N) is 3. The van der Waals surface area contributed by atoms with Crippen molar-refractivity contribution in [2.45, 2.75) is 0 Å². The Morgan fingerprint density at radius 2 is 0.885 bits per heavy atom. The maximum absolute atomic E-state index is 5.44. The third-order valence-electron chi connectivity index (χ3n) is 11.9. The maximum Gasteiger partial charge on any atom is 0.165 e. The lowest BCUT2D eigenvalue weighted by Gasteiger charge is -2.16. The quantitative estimate of drug-likeness (QED) is 0.168. The van der Waals surface area contributed by atoms with E-state index >= 15 is 0 Å². The van der Waals surface area contributed by atoms with Crippen LogP contribution in [0.3, 0.4) is 0 Å². The Kier molecular flexibility index (Phi) is 8.36. The van der Waals surface area contributed by atoms with E-state index in [4.69, 9.17) is 15.0 Å². The van der Waals surface area contributed by atoms with Gasteiger partial charge in [0.15, 0.2) is 17.5 Å². The van der Waals surface area contributed by atoms with Crippen LogP contribution in [0.1, 0.15) is 0 Å². The number of fused-ring (bicyclic) bond motifs is 6. The fraction of sp³-hybridized carbons (Fsp3) is 0. The summed E-state index contributed by atoms with van der Waals surface area (Å²) in [6.07, 6.45) is 0. The van der Waals surface area contributed by atoms with Crippen LogP contribution in [-0.4, -0.2) is 15.0 Å². The maximum atomic E-state index is 5.44. The molecule has 2 aromatic heterocycles. The third-order valence-corrected chi connectivity index (χ3v) is 13.1. The summed E-state index contributed by atoms with van der Waals surface area (Å²) in [7, 11) is 0. The van der Waals surface area contributed by atoms with Gasteiger partial charge in [0.05, 0.1) is 0 Å². The largest absolute Gasteiger partial charge is 0.208 e. The molecule has 0 amide bonds. The molecule has 0 unspecified atom stereocenters. The fourth-order valence-electron chi connectivity index (χ4n) is 8.92. The Morgan fingerprint density at radius 3 is 1.74 bits per heavy atom. The van der Waals surface area contributed by atoms with Gasteiger partial charge in [-0.1, -0.05) is 182 Å². The van der Waals surface area contributed by atoms with E-state index in [1.54, 1.807) is 11.3 Å². The van der Waals surface area contributed by atoms with Crippen molar-refractivity contribution in [3.05, 3.63) is 212 Å². The highest BCUT2D eigenvalue weighted by molar-refractivity contribution is 7.26. The van der Waals surface area contributed by atoms with Crippen LogP contribution in [0, 0.1) is 0 Å². The Bertz CT molecular complexity index is 3650. The van der Waals surface area contributed by atoms with E-state index in [1.807, 2.05) is 0 Å². The summed E-state index contributed by atoms with van der Waals surface area (Å²) in [4.78, 5) is 16.2. The van der Waals surface area contributed by atoms with Gasteiger partial charge in [-0.25, -0.2) is 15.0 Å². The molecular formula is C57H35N3S. The van der Waals surface area contributed by atoms with Crippen molar-refractivity contribution in [2.75, 3.05) is 0 Å². The molecule has 61 heavy (non-hydrogen) atoms. The zero-order valence-corrected chi connectivity index (χ0v) is 33.8. The summed E-state index contributed by atoms with van der Waals surface area (Å²) in [5.74, 6) is 1.93. The predicted octanol–water partition coefficient (Wildman–Crippen LogP) is 15.7. The highest BCUT2D eigenvalue weighted by atomic mass is 32.1. The molecule has 0 atom stereocenters.